The fourth-order valence-electron chi connectivity index (χ4n) is 3.02. The first-order chi connectivity index (χ1) is 12.1. The number of fused-ring (bicyclic) bond motifs is 1. The lowest BCUT2D eigenvalue weighted by Gasteiger charge is -2.25. The molecule has 1 aliphatic heterocycles. The van der Waals surface area contributed by atoms with Crippen LogP contribution in [-0.4, -0.2) is 36.6 Å². The second-order valence-corrected chi connectivity index (χ2v) is 8.89. The zero-order valence-electron chi connectivity index (χ0n) is 13.6. The van der Waals surface area contributed by atoms with Gasteiger partial charge in [0, 0.05) is 36.3 Å². The summed E-state index contributed by atoms with van der Waals surface area (Å²) in [6.07, 6.45) is 0.622. The molecule has 3 heterocycles. The lowest BCUT2D eigenvalue weighted by Crippen LogP contribution is -2.35. The summed E-state index contributed by atoms with van der Waals surface area (Å²) in [5.41, 5.74) is 3.61. The van der Waals surface area contributed by atoms with Crippen molar-refractivity contribution in [3.8, 4) is 17.0 Å². The van der Waals surface area contributed by atoms with E-state index in [-0.39, 0.29) is 0 Å². The van der Waals surface area contributed by atoms with Crippen molar-refractivity contribution >= 4 is 21.4 Å². The van der Waals surface area contributed by atoms with Crippen LogP contribution in [0.1, 0.15) is 11.3 Å². The number of hydrogen-bond acceptors (Lipinski definition) is 5. The summed E-state index contributed by atoms with van der Waals surface area (Å²) in [5, 5.41) is 9.26. The van der Waals surface area contributed by atoms with Crippen molar-refractivity contribution in [2.45, 2.75) is 17.2 Å². The van der Waals surface area contributed by atoms with Gasteiger partial charge in [-0.2, -0.15) is 9.40 Å². The monoisotopic (exact) mass is 375 g/mol. The first-order valence-corrected chi connectivity index (χ1v) is 10.2. The average Bonchev–Trinajstić information content (AvgIpc) is 3.31. The van der Waals surface area contributed by atoms with Crippen molar-refractivity contribution in [1.82, 2.24) is 14.5 Å². The smallest absolute Gasteiger partial charge is 0.252 e. The van der Waals surface area contributed by atoms with Gasteiger partial charge in [0.1, 0.15) is 9.96 Å². The van der Waals surface area contributed by atoms with E-state index in [1.807, 2.05) is 24.3 Å². The van der Waals surface area contributed by atoms with Crippen LogP contribution < -0.4 is 4.74 Å². The van der Waals surface area contributed by atoms with E-state index in [0.29, 0.717) is 23.7 Å². The van der Waals surface area contributed by atoms with Crippen LogP contribution in [0.15, 0.2) is 46.0 Å². The Hall–Kier alpha value is -2.16. The molecule has 0 bridgehead atoms. The van der Waals surface area contributed by atoms with Crippen LogP contribution in [0.25, 0.3) is 11.3 Å². The molecule has 1 aromatic carbocycles. The lowest BCUT2D eigenvalue weighted by atomic mass is 10.0. The van der Waals surface area contributed by atoms with Gasteiger partial charge >= 0.3 is 0 Å². The van der Waals surface area contributed by atoms with E-state index < -0.39 is 10.0 Å². The molecule has 4 rings (SSSR count). The molecule has 0 fully saturated rings. The molecule has 0 atom stereocenters. The second kappa shape index (κ2) is 6.29. The number of thiophene rings is 1. The van der Waals surface area contributed by atoms with Gasteiger partial charge in [-0.05, 0) is 23.6 Å². The number of rotatable bonds is 4. The van der Waals surface area contributed by atoms with Crippen molar-refractivity contribution in [3.05, 3.63) is 53.0 Å². The number of hydrogen-bond donors (Lipinski definition) is 1. The Kier molecular flexibility index (Phi) is 4.10. The minimum absolute atomic E-state index is 0.318. The van der Waals surface area contributed by atoms with Crippen LogP contribution in [0.5, 0.6) is 5.75 Å². The fraction of sp³-hybridized carbons (Fsp3) is 0.235. The number of benzene rings is 1. The highest BCUT2D eigenvalue weighted by molar-refractivity contribution is 7.91. The maximum atomic E-state index is 12.8. The van der Waals surface area contributed by atoms with Gasteiger partial charge in [-0.15, -0.1) is 11.3 Å². The maximum Gasteiger partial charge on any atom is 0.252 e. The van der Waals surface area contributed by atoms with Gasteiger partial charge in [0.15, 0.2) is 0 Å². The fourth-order valence-corrected chi connectivity index (χ4v) is 5.58. The quantitative estimate of drug-likeness (QED) is 0.761. The number of nitrogens with one attached hydrogen (secondary N) is 1. The molecule has 1 N–H and O–H groups in total. The van der Waals surface area contributed by atoms with Gasteiger partial charge in [0.2, 0.25) is 0 Å². The molecule has 0 aliphatic carbocycles. The molecule has 1 aliphatic rings. The van der Waals surface area contributed by atoms with E-state index in [0.717, 1.165) is 28.3 Å². The highest BCUT2D eigenvalue weighted by Crippen LogP contribution is 2.32. The first kappa shape index (κ1) is 16.3. The van der Waals surface area contributed by atoms with Crippen LogP contribution in [0.4, 0.5) is 0 Å². The highest BCUT2D eigenvalue weighted by atomic mass is 32.2. The van der Waals surface area contributed by atoms with Crippen LogP contribution in [0.3, 0.4) is 0 Å². The van der Waals surface area contributed by atoms with E-state index in [4.69, 9.17) is 4.74 Å². The molecule has 0 saturated heterocycles. The standard InChI is InChI=1S/C17H17N3O3S2/c1-23-13-5-2-4-12(10-13)17-14-11-20(8-7-15(14)18-19-17)25(21,22)16-6-3-9-24-16/h2-6,9-10H,7-8,11H2,1H3,(H,18,19). The molecule has 0 amide bonds. The number of ether oxygens (including phenoxy) is 1. The molecule has 130 valence electrons. The highest BCUT2D eigenvalue weighted by Gasteiger charge is 2.31. The number of aromatic nitrogens is 2. The molecule has 0 spiro atoms. The predicted molar refractivity (Wildman–Crippen MR) is 96.2 cm³/mol. The molecule has 8 heteroatoms. The van der Waals surface area contributed by atoms with Crippen LogP contribution in [0, 0.1) is 0 Å². The maximum absolute atomic E-state index is 12.8. The van der Waals surface area contributed by atoms with Crippen LogP contribution in [-0.2, 0) is 23.0 Å². The minimum Gasteiger partial charge on any atom is -0.497 e. The number of methoxy groups -OCH3 is 1. The number of H-pyrrole nitrogens is 1. The van der Waals surface area contributed by atoms with Crippen molar-refractivity contribution < 1.29 is 13.2 Å². The Morgan fingerprint density at radius 2 is 2.16 bits per heavy atom. The third-order valence-electron chi connectivity index (χ3n) is 4.33. The van der Waals surface area contributed by atoms with E-state index in [2.05, 4.69) is 10.2 Å². The molecule has 2 aromatic heterocycles. The summed E-state index contributed by atoms with van der Waals surface area (Å²) in [6, 6.07) is 11.0. The number of nitrogens with zero attached hydrogens (tertiary/aromatic N) is 2. The normalized spacial score (nSPS) is 15.1. The molecule has 0 saturated carbocycles. The topological polar surface area (TPSA) is 75.3 Å². The van der Waals surface area contributed by atoms with Gasteiger partial charge in [0.05, 0.1) is 12.8 Å². The largest absolute Gasteiger partial charge is 0.497 e. The zero-order valence-corrected chi connectivity index (χ0v) is 15.2. The second-order valence-electron chi connectivity index (χ2n) is 5.78. The van der Waals surface area contributed by atoms with E-state index >= 15 is 0 Å². The van der Waals surface area contributed by atoms with Crippen LogP contribution >= 0.6 is 11.3 Å². The lowest BCUT2D eigenvalue weighted by molar-refractivity contribution is 0.391. The van der Waals surface area contributed by atoms with Crippen molar-refractivity contribution in [2.75, 3.05) is 13.7 Å². The molecule has 25 heavy (non-hydrogen) atoms. The molecule has 6 nitrogen and oxygen atoms in total. The zero-order chi connectivity index (χ0) is 17.4. The van der Waals surface area contributed by atoms with Gasteiger partial charge in [-0.25, -0.2) is 8.42 Å². The Morgan fingerprint density at radius 1 is 1.28 bits per heavy atom. The SMILES string of the molecule is COc1cccc(-c2n[nH]c3c2CN(S(=O)(=O)c2cccs2)CC3)c1. The third kappa shape index (κ3) is 2.86. The summed E-state index contributed by atoms with van der Waals surface area (Å²) < 4.78 is 32.8. The summed E-state index contributed by atoms with van der Waals surface area (Å²) in [6.45, 7) is 0.769. The Bertz CT molecular complexity index is 994. The van der Waals surface area contributed by atoms with Crippen molar-refractivity contribution in [3.63, 3.8) is 0 Å². The summed E-state index contributed by atoms with van der Waals surface area (Å²) in [4.78, 5) is 0. The van der Waals surface area contributed by atoms with E-state index in [1.54, 1.807) is 24.6 Å². The molecular formula is C17H17N3O3S2. The predicted octanol–water partition coefficient (Wildman–Crippen LogP) is 2.89. The van der Waals surface area contributed by atoms with Gasteiger partial charge in [-0.1, -0.05) is 18.2 Å². The van der Waals surface area contributed by atoms with Crippen molar-refractivity contribution in [2.24, 2.45) is 0 Å². The van der Waals surface area contributed by atoms with Crippen molar-refractivity contribution in [1.29, 1.82) is 0 Å². The van der Waals surface area contributed by atoms with Crippen LogP contribution in [0.2, 0.25) is 0 Å². The van der Waals surface area contributed by atoms with Gasteiger partial charge in [0.25, 0.3) is 10.0 Å². The molecule has 3 aromatic rings. The average molecular weight is 375 g/mol. The molecule has 0 unspecified atom stereocenters. The first-order valence-electron chi connectivity index (χ1n) is 7.84. The number of sulfonamides is 1. The molecular weight excluding hydrogens is 358 g/mol. The third-order valence-corrected chi connectivity index (χ3v) is 7.55. The Morgan fingerprint density at radius 3 is 2.92 bits per heavy atom. The van der Waals surface area contributed by atoms with E-state index in [9.17, 15) is 8.42 Å². The Labute approximate surface area is 150 Å². The molecule has 0 radical (unpaired) electrons. The summed E-state index contributed by atoms with van der Waals surface area (Å²) in [5.74, 6) is 0.744. The van der Waals surface area contributed by atoms with Gasteiger partial charge in [-0.3, -0.25) is 5.10 Å². The minimum atomic E-state index is -3.47. The van der Waals surface area contributed by atoms with Gasteiger partial charge < -0.3 is 4.74 Å². The van der Waals surface area contributed by atoms with E-state index in [1.165, 1.54) is 15.6 Å². The Balaban J connectivity index is 1.70. The summed E-state index contributed by atoms with van der Waals surface area (Å²) >= 11 is 1.24. The summed E-state index contributed by atoms with van der Waals surface area (Å²) in [7, 11) is -1.85. The number of aromatic amines is 1.